The Morgan fingerprint density at radius 3 is 2.50 bits per heavy atom. The van der Waals surface area contributed by atoms with Gasteiger partial charge in [0.05, 0.1) is 5.54 Å². The van der Waals surface area contributed by atoms with Gasteiger partial charge in [-0.15, -0.1) is 0 Å². The lowest BCUT2D eigenvalue weighted by Crippen LogP contribution is -2.52. The summed E-state index contributed by atoms with van der Waals surface area (Å²) in [6.07, 6.45) is 7.39. The Labute approximate surface area is 99.2 Å². The van der Waals surface area contributed by atoms with E-state index in [1.54, 1.807) is 0 Å². The number of carbonyl (C=O) groups excluding carboxylic acids is 1. The fourth-order valence-corrected chi connectivity index (χ4v) is 2.29. The Hall–Kier alpha value is -0.570. The molecule has 0 aliphatic heterocycles. The lowest BCUT2D eigenvalue weighted by atomic mass is 9.98. The van der Waals surface area contributed by atoms with Crippen molar-refractivity contribution in [3.05, 3.63) is 0 Å². The van der Waals surface area contributed by atoms with Crippen LogP contribution < -0.4 is 11.1 Å². The molecule has 3 nitrogen and oxygen atoms in total. The Balaban J connectivity index is 2.10. The number of rotatable bonds is 6. The summed E-state index contributed by atoms with van der Waals surface area (Å²) in [4.78, 5) is 11.8. The molecule has 0 aromatic heterocycles. The van der Waals surface area contributed by atoms with E-state index in [0.29, 0.717) is 0 Å². The third-order valence-corrected chi connectivity index (χ3v) is 3.44. The molecule has 0 radical (unpaired) electrons. The van der Waals surface area contributed by atoms with Gasteiger partial charge in [-0.1, -0.05) is 39.5 Å². The van der Waals surface area contributed by atoms with Gasteiger partial charge >= 0.3 is 0 Å². The van der Waals surface area contributed by atoms with E-state index in [-0.39, 0.29) is 5.91 Å². The van der Waals surface area contributed by atoms with Crippen LogP contribution in [0, 0.1) is 5.92 Å². The molecule has 0 spiro atoms. The third kappa shape index (κ3) is 4.12. The van der Waals surface area contributed by atoms with Crippen molar-refractivity contribution in [1.29, 1.82) is 0 Å². The first kappa shape index (κ1) is 13.5. The summed E-state index contributed by atoms with van der Waals surface area (Å²) in [7, 11) is 0. The van der Waals surface area contributed by atoms with Crippen LogP contribution in [0.5, 0.6) is 0 Å². The topological polar surface area (TPSA) is 55.1 Å². The Bertz CT molecular complexity index is 220. The van der Waals surface area contributed by atoms with Crippen molar-refractivity contribution < 1.29 is 4.79 Å². The first-order valence-electron chi connectivity index (χ1n) is 6.62. The molecule has 0 atom stereocenters. The molecule has 0 heterocycles. The van der Waals surface area contributed by atoms with Crippen molar-refractivity contribution in [3.8, 4) is 0 Å². The highest BCUT2D eigenvalue weighted by Crippen LogP contribution is 2.27. The summed E-state index contributed by atoms with van der Waals surface area (Å²) < 4.78 is 0. The second kappa shape index (κ2) is 6.24. The molecule has 1 amide bonds. The van der Waals surface area contributed by atoms with Crippen LogP contribution in [-0.4, -0.2) is 18.0 Å². The minimum Gasteiger partial charge on any atom is -0.355 e. The molecule has 1 aliphatic carbocycles. The molecule has 0 saturated heterocycles. The van der Waals surface area contributed by atoms with E-state index in [1.165, 1.54) is 12.8 Å². The van der Waals surface area contributed by atoms with Gasteiger partial charge in [0.25, 0.3) is 0 Å². The maximum Gasteiger partial charge on any atom is 0.240 e. The highest BCUT2D eigenvalue weighted by atomic mass is 16.2. The summed E-state index contributed by atoms with van der Waals surface area (Å²) in [5.41, 5.74) is 5.50. The third-order valence-electron chi connectivity index (χ3n) is 3.44. The van der Waals surface area contributed by atoms with Crippen LogP contribution in [0.3, 0.4) is 0 Å². The monoisotopic (exact) mass is 226 g/mol. The van der Waals surface area contributed by atoms with Gasteiger partial charge in [-0.05, 0) is 25.2 Å². The summed E-state index contributed by atoms with van der Waals surface area (Å²) >= 11 is 0. The summed E-state index contributed by atoms with van der Waals surface area (Å²) in [6.45, 7) is 5.24. The highest BCUT2D eigenvalue weighted by molar-refractivity contribution is 5.86. The van der Waals surface area contributed by atoms with Crippen LogP contribution in [0.25, 0.3) is 0 Å². The molecule has 94 valence electrons. The van der Waals surface area contributed by atoms with Gasteiger partial charge in [-0.2, -0.15) is 0 Å². The molecular formula is C13H26N2O. The van der Waals surface area contributed by atoms with Crippen LogP contribution in [0.15, 0.2) is 0 Å². The van der Waals surface area contributed by atoms with Crippen LogP contribution in [0.1, 0.15) is 58.8 Å². The summed E-state index contributed by atoms with van der Waals surface area (Å²) in [5.74, 6) is 0.820. The second-order valence-corrected chi connectivity index (χ2v) is 5.51. The van der Waals surface area contributed by atoms with Crippen molar-refractivity contribution in [2.24, 2.45) is 11.7 Å². The van der Waals surface area contributed by atoms with Crippen molar-refractivity contribution in [3.63, 3.8) is 0 Å². The largest absolute Gasteiger partial charge is 0.355 e. The maximum absolute atomic E-state index is 11.8. The zero-order valence-electron chi connectivity index (χ0n) is 10.7. The summed E-state index contributed by atoms with van der Waals surface area (Å²) in [6, 6.07) is 0. The highest BCUT2D eigenvalue weighted by Gasteiger charge is 2.36. The number of nitrogens with two attached hydrogens (primary N) is 1. The van der Waals surface area contributed by atoms with Gasteiger partial charge in [0.1, 0.15) is 0 Å². The molecule has 0 bridgehead atoms. The lowest BCUT2D eigenvalue weighted by Gasteiger charge is -2.22. The molecule has 1 rings (SSSR count). The molecule has 3 N–H and O–H groups in total. The van der Waals surface area contributed by atoms with Gasteiger partial charge in [-0.3, -0.25) is 4.79 Å². The van der Waals surface area contributed by atoms with Gasteiger partial charge in [0, 0.05) is 6.54 Å². The second-order valence-electron chi connectivity index (χ2n) is 5.51. The van der Waals surface area contributed by atoms with E-state index >= 15 is 0 Å². The van der Waals surface area contributed by atoms with Gasteiger partial charge in [0.2, 0.25) is 5.91 Å². The van der Waals surface area contributed by atoms with E-state index in [0.717, 1.165) is 44.6 Å². The predicted octanol–water partition coefficient (Wildman–Crippen LogP) is 2.20. The van der Waals surface area contributed by atoms with E-state index in [1.807, 2.05) is 0 Å². The number of hydrogen-bond acceptors (Lipinski definition) is 2. The standard InChI is InChI=1S/C13H26N2O/c1-11(2)7-3-6-10-15-12(16)13(14)8-4-5-9-13/h11H,3-10,14H2,1-2H3,(H,15,16). The van der Waals surface area contributed by atoms with E-state index < -0.39 is 5.54 Å². The number of carbonyl (C=O) groups is 1. The Kier molecular flexibility index (Phi) is 5.26. The number of nitrogens with one attached hydrogen (secondary N) is 1. The SMILES string of the molecule is CC(C)CCCCNC(=O)C1(N)CCCC1. The normalized spacial score (nSPS) is 19.0. The van der Waals surface area contributed by atoms with Crippen LogP contribution in [-0.2, 0) is 4.79 Å². The molecule has 1 fully saturated rings. The molecular weight excluding hydrogens is 200 g/mol. The van der Waals surface area contributed by atoms with Crippen molar-refractivity contribution >= 4 is 5.91 Å². The fraction of sp³-hybridized carbons (Fsp3) is 0.923. The van der Waals surface area contributed by atoms with Crippen LogP contribution in [0.4, 0.5) is 0 Å². The quantitative estimate of drug-likeness (QED) is 0.682. The first-order chi connectivity index (χ1) is 7.54. The number of amides is 1. The Morgan fingerprint density at radius 2 is 1.94 bits per heavy atom. The van der Waals surface area contributed by atoms with Crippen LogP contribution >= 0.6 is 0 Å². The number of unbranched alkanes of at least 4 members (excludes halogenated alkanes) is 1. The minimum atomic E-state index is -0.557. The van der Waals surface area contributed by atoms with Gasteiger partial charge in [0.15, 0.2) is 0 Å². The fourth-order valence-electron chi connectivity index (χ4n) is 2.29. The lowest BCUT2D eigenvalue weighted by molar-refractivity contribution is -0.126. The number of hydrogen-bond donors (Lipinski definition) is 2. The van der Waals surface area contributed by atoms with Crippen molar-refractivity contribution in [2.45, 2.75) is 64.3 Å². The molecule has 1 aliphatic rings. The zero-order chi connectivity index (χ0) is 12.0. The minimum absolute atomic E-state index is 0.0644. The average molecular weight is 226 g/mol. The molecule has 1 saturated carbocycles. The predicted molar refractivity (Wildman–Crippen MR) is 67.1 cm³/mol. The first-order valence-corrected chi connectivity index (χ1v) is 6.62. The maximum atomic E-state index is 11.8. The molecule has 3 heteroatoms. The van der Waals surface area contributed by atoms with Gasteiger partial charge in [-0.25, -0.2) is 0 Å². The smallest absolute Gasteiger partial charge is 0.240 e. The molecule has 16 heavy (non-hydrogen) atoms. The van der Waals surface area contributed by atoms with Crippen molar-refractivity contribution in [2.75, 3.05) is 6.54 Å². The van der Waals surface area contributed by atoms with Crippen LogP contribution in [0.2, 0.25) is 0 Å². The van der Waals surface area contributed by atoms with Crippen molar-refractivity contribution in [1.82, 2.24) is 5.32 Å². The molecule has 0 unspecified atom stereocenters. The molecule has 0 aromatic carbocycles. The van der Waals surface area contributed by atoms with E-state index in [2.05, 4.69) is 19.2 Å². The summed E-state index contributed by atoms with van der Waals surface area (Å²) in [5, 5.41) is 2.97. The average Bonchev–Trinajstić information content (AvgIpc) is 2.65. The van der Waals surface area contributed by atoms with E-state index in [4.69, 9.17) is 5.73 Å². The van der Waals surface area contributed by atoms with E-state index in [9.17, 15) is 4.79 Å². The van der Waals surface area contributed by atoms with Gasteiger partial charge < -0.3 is 11.1 Å². The zero-order valence-corrected chi connectivity index (χ0v) is 10.7. The molecule has 0 aromatic rings. The Morgan fingerprint density at radius 1 is 1.31 bits per heavy atom.